The number of aliphatic carboxylic acids is 1. The first-order chi connectivity index (χ1) is 8.11. The van der Waals surface area contributed by atoms with Crippen molar-refractivity contribution in [3.63, 3.8) is 0 Å². The van der Waals surface area contributed by atoms with Crippen molar-refractivity contribution in [2.45, 2.75) is 43.9 Å². The molecule has 1 amide bonds. The van der Waals surface area contributed by atoms with Crippen LogP contribution >= 0.6 is 11.8 Å². The van der Waals surface area contributed by atoms with Crippen molar-refractivity contribution in [3.8, 4) is 0 Å². The van der Waals surface area contributed by atoms with Crippen molar-refractivity contribution < 1.29 is 14.7 Å². The molecule has 4 nitrogen and oxygen atoms in total. The third kappa shape index (κ3) is 2.59. The predicted molar refractivity (Wildman–Crippen MR) is 67.0 cm³/mol. The van der Waals surface area contributed by atoms with Gasteiger partial charge in [0.15, 0.2) is 0 Å². The average molecular weight is 257 g/mol. The van der Waals surface area contributed by atoms with Crippen LogP contribution in [0.25, 0.3) is 0 Å². The Morgan fingerprint density at radius 1 is 1.29 bits per heavy atom. The van der Waals surface area contributed by atoms with E-state index in [1.54, 1.807) is 16.7 Å². The summed E-state index contributed by atoms with van der Waals surface area (Å²) in [4.78, 5) is 25.1. The van der Waals surface area contributed by atoms with Gasteiger partial charge in [0.05, 0.1) is 5.25 Å². The summed E-state index contributed by atoms with van der Waals surface area (Å²) in [5.74, 6) is 0.290. The van der Waals surface area contributed by atoms with E-state index in [-0.39, 0.29) is 17.1 Å². The molecule has 2 rings (SSSR count). The van der Waals surface area contributed by atoms with E-state index in [1.807, 2.05) is 6.92 Å². The van der Waals surface area contributed by atoms with E-state index in [0.29, 0.717) is 6.54 Å². The zero-order valence-electron chi connectivity index (χ0n) is 10.1. The second kappa shape index (κ2) is 5.29. The Balaban J connectivity index is 2.05. The maximum absolute atomic E-state index is 12.3. The fourth-order valence-electron chi connectivity index (χ4n) is 2.69. The summed E-state index contributed by atoms with van der Waals surface area (Å²) in [6.07, 6.45) is 3.97. The van der Waals surface area contributed by atoms with Crippen LogP contribution in [0.1, 0.15) is 32.6 Å². The molecule has 2 aliphatic heterocycles. The molecule has 0 bridgehead atoms. The van der Waals surface area contributed by atoms with Gasteiger partial charge in [0, 0.05) is 6.54 Å². The quantitative estimate of drug-likeness (QED) is 0.816. The Hall–Kier alpha value is -0.710. The van der Waals surface area contributed by atoms with Crippen LogP contribution in [0.15, 0.2) is 0 Å². The number of hydrogen-bond donors (Lipinski definition) is 1. The van der Waals surface area contributed by atoms with Crippen molar-refractivity contribution in [3.05, 3.63) is 0 Å². The van der Waals surface area contributed by atoms with Crippen LogP contribution < -0.4 is 0 Å². The smallest absolute Gasteiger partial charge is 0.326 e. The number of carbonyl (C=O) groups is 2. The zero-order chi connectivity index (χ0) is 12.4. The molecule has 0 spiro atoms. The summed E-state index contributed by atoms with van der Waals surface area (Å²) in [7, 11) is 0. The number of carboxylic acid groups (broad SMARTS) is 1. The van der Waals surface area contributed by atoms with Crippen LogP contribution in [0.3, 0.4) is 0 Å². The van der Waals surface area contributed by atoms with E-state index < -0.39 is 12.0 Å². The van der Waals surface area contributed by atoms with Gasteiger partial charge in [-0.3, -0.25) is 4.79 Å². The molecule has 0 aromatic heterocycles. The number of carbonyl (C=O) groups excluding carboxylic acids is 1. The first-order valence-corrected chi connectivity index (χ1v) is 7.31. The average Bonchev–Trinajstić information content (AvgIpc) is 2.71. The highest BCUT2D eigenvalue weighted by molar-refractivity contribution is 8.00. The fourth-order valence-corrected chi connectivity index (χ4v) is 3.96. The van der Waals surface area contributed by atoms with Gasteiger partial charge in [0.1, 0.15) is 6.04 Å². The highest BCUT2D eigenvalue weighted by Crippen LogP contribution is 2.31. The van der Waals surface area contributed by atoms with Crippen LogP contribution in [-0.4, -0.2) is 45.5 Å². The van der Waals surface area contributed by atoms with Gasteiger partial charge >= 0.3 is 5.97 Å². The Morgan fingerprint density at radius 3 is 2.65 bits per heavy atom. The molecule has 3 atom stereocenters. The number of nitrogens with zero attached hydrogens (tertiary/aromatic N) is 1. The summed E-state index contributed by atoms with van der Waals surface area (Å²) in [6, 6.07) is -0.606. The largest absolute Gasteiger partial charge is 0.480 e. The molecule has 3 unspecified atom stereocenters. The molecule has 2 heterocycles. The summed E-state index contributed by atoms with van der Waals surface area (Å²) >= 11 is 1.69. The summed E-state index contributed by atoms with van der Waals surface area (Å²) in [5.41, 5.74) is 0. The Labute approximate surface area is 106 Å². The number of carboxylic acids is 1. The van der Waals surface area contributed by atoms with E-state index in [4.69, 9.17) is 0 Å². The van der Waals surface area contributed by atoms with Crippen LogP contribution in [0.5, 0.6) is 0 Å². The summed E-state index contributed by atoms with van der Waals surface area (Å²) in [6.45, 7) is 2.52. The molecule has 0 aromatic rings. The number of thioether (sulfide) groups is 1. The van der Waals surface area contributed by atoms with Gasteiger partial charge in [0.2, 0.25) is 5.91 Å². The van der Waals surface area contributed by atoms with E-state index in [1.165, 1.54) is 6.42 Å². The highest BCUT2D eigenvalue weighted by Gasteiger charge is 2.41. The van der Waals surface area contributed by atoms with Gasteiger partial charge in [-0.05, 0) is 30.9 Å². The van der Waals surface area contributed by atoms with E-state index in [9.17, 15) is 14.7 Å². The molecule has 0 saturated carbocycles. The molecule has 17 heavy (non-hydrogen) atoms. The van der Waals surface area contributed by atoms with Crippen molar-refractivity contribution in [1.29, 1.82) is 0 Å². The molecule has 0 aliphatic carbocycles. The first kappa shape index (κ1) is 12.7. The molecule has 0 radical (unpaired) electrons. The number of hydrogen-bond acceptors (Lipinski definition) is 3. The van der Waals surface area contributed by atoms with E-state index in [0.717, 1.165) is 25.0 Å². The molecular formula is C12H19NO3S. The lowest BCUT2D eigenvalue weighted by Gasteiger charge is -2.29. The molecule has 5 heteroatoms. The van der Waals surface area contributed by atoms with Crippen LogP contribution in [0.2, 0.25) is 0 Å². The minimum absolute atomic E-state index is 0.00380. The molecule has 2 fully saturated rings. The molecule has 1 N–H and O–H groups in total. The lowest BCUT2D eigenvalue weighted by molar-refractivity contribution is -0.149. The lowest BCUT2D eigenvalue weighted by atomic mass is 10.0. The highest BCUT2D eigenvalue weighted by atomic mass is 32.2. The molecule has 96 valence electrons. The minimum Gasteiger partial charge on any atom is -0.480 e. The third-order valence-electron chi connectivity index (χ3n) is 3.69. The zero-order valence-corrected chi connectivity index (χ0v) is 10.9. The van der Waals surface area contributed by atoms with Crippen molar-refractivity contribution in [2.75, 3.05) is 12.3 Å². The fraction of sp³-hybridized carbons (Fsp3) is 0.833. The molecule has 2 saturated heterocycles. The van der Waals surface area contributed by atoms with Crippen LogP contribution in [-0.2, 0) is 9.59 Å². The summed E-state index contributed by atoms with van der Waals surface area (Å²) < 4.78 is 0. The van der Waals surface area contributed by atoms with Crippen LogP contribution in [0.4, 0.5) is 0 Å². The number of amides is 1. The Kier molecular flexibility index (Phi) is 3.97. The third-order valence-corrected chi connectivity index (χ3v) is 5.06. The van der Waals surface area contributed by atoms with E-state index in [2.05, 4.69) is 0 Å². The second-order valence-corrected chi connectivity index (χ2v) is 6.25. The van der Waals surface area contributed by atoms with Gasteiger partial charge in [-0.15, -0.1) is 11.8 Å². The molecular weight excluding hydrogens is 238 g/mol. The Morgan fingerprint density at radius 2 is 2.06 bits per heavy atom. The first-order valence-electron chi connectivity index (χ1n) is 6.26. The van der Waals surface area contributed by atoms with Crippen molar-refractivity contribution in [1.82, 2.24) is 4.90 Å². The standard InChI is InChI=1S/C12H19NO3S/c1-8-5-6-13(10(8)12(15)16)11(14)9-4-2-3-7-17-9/h8-10H,2-7H2,1H3,(H,15,16). The van der Waals surface area contributed by atoms with Crippen molar-refractivity contribution >= 4 is 23.6 Å². The maximum atomic E-state index is 12.3. The topological polar surface area (TPSA) is 57.6 Å². The van der Waals surface area contributed by atoms with Gasteiger partial charge in [-0.2, -0.15) is 0 Å². The van der Waals surface area contributed by atoms with Gasteiger partial charge in [-0.1, -0.05) is 13.3 Å². The SMILES string of the molecule is CC1CCN(C(=O)C2CCCCS2)C1C(=O)O. The molecule has 2 aliphatic rings. The summed E-state index contributed by atoms with van der Waals surface area (Å²) in [5, 5.41) is 9.20. The minimum atomic E-state index is -0.857. The van der Waals surface area contributed by atoms with Crippen molar-refractivity contribution in [2.24, 2.45) is 5.92 Å². The van der Waals surface area contributed by atoms with Crippen LogP contribution in [0, 0.1) is 5.92 Å². The van der Waals surface area contributed by atoms with E-state index >= 15 is 0 Å². The second-order valence-electron chi connectivity index (χ2n) is 4.94. The number of rotatable bonds is 2. The van der Waals surface area contributed by atoms with Gasteiger partial charge in [-0.25, -0.2) is 4.79 Å². The number of likely N-dealkylation sites (tertiary alicyclic amines) is 1. The maximum Gasteiger partial charge on any atom is 0.326 e. The lowest BCUT2D eigenvalue weighted by Crippen LogP contribution is -2.46. The monoisotopic (exact) mass is 257 g/mol. The van der Waals surface area contributed by atoms with Gasteiger partial charge in [0.25, 0.3) is 0 Å². The normalized spacial score (nSPS) is 33.7. The molecule has 0 aromatic carbocycles. The Bertz CT molecular complexity index is 315. The van der Waals surface area contributed by atoms with Gasteiger partial charge < -0.3 is 10.0 Å². The predicted octanol–water partition coefficient (Wildman–Crippen LogP) is 1.59.